The van der Waals surface area contributed by atoms with Gasteiger partial charge in [-0.3, -0.25) is 4.57 Å². The van der Waals surface area contributed by atoms with Crippen LogP contribution < -0.4 is 0 Å². The van der Waals surface area contributed by atoms with Crippen LogP contribution in [-0.2, 0) is 5.41 Å². The number of imidazole rings is 1. The number of para-hydroxylation sites is 2. The highest BCUT2D eigenvalue weighted by atomic mass is 15.1. The smallest absolute Gasteiger partial charge is 0.160 e. The molecule has 9 rings (SSSR count). The van der Waals surface area contributed by atoms with E-state index < -0.39 is 0 Å². The lowest BCUT2D eigenvalue weighted by atomic mass is 9.81. The zero-order chi connectivity index (χ0) is 32.2. The first-order valence-corrected chi connectivity index (χ1v) is 16.2. The Kier molecular flexibility index (Phi) is 6.40. The first-order chi connectivity index (χ1) is 23.5. The zero-order valence-corrected chi connectivity index (χ0v) is 26.7. The summed E-state index contributed by atoms with van der Waals surface area (Å²) in [5, 5.41) is 0. The van der Waals surface area contributed by atoms with E-state index in [-0.39, 0.29) is 5.41 Å². The van der Waals surface area contributed by atoms with Gasteiger partial charge in [-0.05, 0) is 64.7 Å². The van der Waals surface area contributed by atoms with Crippen LogP contribution in [0.3, 0.4) is 0 Å². The van der Waals surface area contributed by atoms with Gasteiger partial charge in [-0.1, -0.05) is 117 Å². The number of hydrogen-bond acceptors (Lipinski definition) is 4. The summed E-state index contributed by atoms with van der Waals surface area (Å²) in [6.07, 6.45) is 1.83. The van der Waals surface area contributed by atoms with Crippen LogP contribution >= 0.6 is 0 Å². The van der Waals surface area contributed by atoms with Gasteiger partial charge in [-0.25, -0.2) is 19.9 Å². The predicted molar refractivity (Wildman–Crippen MR) is 194 cm³/mol. The molecule has 0 N–H and O–H groups in total. The Morgan fingerprint density at radius 3 is 1.81 bits per heavy atom. The zero-order valence-electron chi connectivity index (χ0n) is 26.7. The van der Waals surface area contributed by atoms with Crippen LogP contribution in [0.25, 0.3) is 73.3 Å². The van der Waals surface area contributed by atoms with Gasteiger partial charge in [0.1, 0.15) is 11.6 Å². The van der Waals surface area contributed by atoms with E-state index in [1.54, 1.807) is 0 Å². The van der Waals surface area contributed by atoms with Gasteiger partial charge in [-0.15, -0.1) is 0 Å². The number of aromatic nitrogens is 5. The summed E-state index contributed by atoms with van der Waals surface area (Å²) < 4.78 is 2.16. The Morgan fingerprint density at radius 2 is 1.10 bits per heavy atom. The van der Waals surface area contributed by atoms with E-state index in [4.69, 9.17) is 19.9 Å². The number of fused-ring (bicyclic) bond motifs is 4. The van der Waals surface area contributed by atoms with Crippen LogP contribution in [0.2, 0.25) is 0 Å². The van der Waals surface area contributed by atoms with E-state index in [1.165, 1.54) is 22.3 Å². The lowest BCUT2D eigenvalue weighted by molar-refractivity contribution is 0.660. The molecule has 0 radical (unpaired) electrons. The maximum absolute atomic E-state index is 5.11. The van der Waals surface area contributed by atoms with Crippen LogP contribution in [0.5, 0.6) is 0 Å². The van der Waals surface area contributed by atoms with Crippen molar-refractivity contribution in [3.05, 3.63) is 163 Å². The standard InChI is InChI=1S/C43H31N5/c1-43(2)34-25-30(38-27-37(28-13-5-3-6-14-28)45-41(46-38)29-15-7-4-8-16-29)20-22-32(34)33-23-21-31(26-35(33)43)42-47-36-17-9-10-18-39(36)48(42)40-19-11-12-24-44-40/h3-27H,1-2H3. The van der Waals surface area contributed by atoms with E-state index in [0.717, 1.165) is 62.1 Å². The van der Waals surface area contributed by atoms with Crippen molar-refractivity contribution in [1.82, 2.24) is 24.5 Å². The Morgan fingerprint density at radius 1 is 0.500 bits per heavy atom. The number of nitrogens with zero attached hydrogens (tertiary/aromatic N) is 5. The van der Waals surface area contributed by atoms with Crippen molar-refractivity contribution in [3.8, 4) is 62.2 Å². The molecule has 0 amide bonds. The molecule has 5 aromatic carbocycles. The van der Waals surface area contributed by atoms with E-state index in [0.29, 0.717) is 0 Å². The second-order valence-corrected chi connectivity index (χ2v) is 12.8. The van der Waals surface area contributed by atoms with E-state index in [2.05, 4.69) is 103 Å². The van der Waals surface area contributed by atoms with Crippen LogP contribution in [0, 0.1) is 0 Å². The molecule has 0 atom stereocenters. The minimum absolute atomic E-state index is 0.240. The van der Waals surface area contributed by atoms with Crippen molar-refractivity contribution in [2.45, 2.75) is 19.3 Å². The molecule has 228 valence electrons. The molecule has 3 aromatic heterocycles. The summed E-state index contributed by atoms with van der Waals surface area (Å²) >= 11 is 0. The molecule has 1 aliphatic rings. The van der Waals surface area contributed by atoms with Gasteiger partial charge < -0.3 is 0 Å². The average Bonchev–Trinajstić information content (AvgIpc) is 3.65. The molecule has 48 heavy (non-hydrogen) atoms. The van der Waals surface area contributed by atoms with E-state index in [9.17, 15) is 0 Å². The molecule has 3 heterocycles. The van der Waals surface area contributed by atoms with Gasteiger partial charge in [-0.2, -0.15) is 0 Å². The minimum atomic E-state index is -0.240. The summed E-state index contributed by atoms with van der Waals surface area (Å²) in [5.41, 5.74) is 12.8. The van der Waals surface area contributed by atoms with Crippen LogP contribution in [0.1, 0.15) is 25.0 Å². The molecule has 0 fully saturated rings. The monoisotopic (exact) mass is 617 g/mol. The van der Waals surface area contributed by atoms with Crippen molar-refractivity contribution < 1.29 is 0 Å². The SMILES string of the molecule is CC1(C)c2cc(-c3cc(-c4ccccc4)nc(-c4ccccc4)n3)ccc2-c2ccc(-c3nc4ccccc4n3-c3ccccn3)cc21. The van der Waals surface area contributed by atoms with E-state index in [1.807, 2.05) is 66.9 Å². The minimum Gasteiger partial charge on any atom is -0.276 e. The topological polar surface area (TPSA) is 56.5 Å². The fourth-order valence-corrected chi connectivity index (χ4v) is 7.04. The third-order valence-electron chi connectivity index (χ3n) is 9.50. The van der Waals surface area contributed by atoms with Crippen molar-refractivity contribution in [2.75, 3.05) is 0 Å². The molecule has 0 spiro atoms. The first-order valence-electron chi connectivity index (χ1n) is 16.2. The summed E-state index contributed by atoms with van der Waals surface area (Å²) in [5.74, 6) is 2.45. The third-order valence-corrected chi connectivity index (χ3v) is 9.50. The van der Waals surface area contributed by atoms with Gasteiger partial charge in [0.05, 0.1) is 22.4 Å². The quantitative estimate of drug-likeness (QED) is 0.193. The summed E-state index contributed by atoms with van der Waals surface area (Å²) in [4.78, 5) is 19.9. The Labute approximate surface area is 279 Å². The molecule has 8 aromatic rings. The second-order valence-electron chi connectivity index (χ2n) is 12.8. The second kappa shape index (κ2) is 11.0. The molecule has 0 saturated heterocycles. The van der Waals surface area contributed by atoms with Crippen LogP contribution in [0.15, 0.2) is 152 Å². The maximum Gasteiger partial charge on any atom is 0.160 e. The highest BCUT2D eigenvalue weighted by Crippen LogP contribution is 2.50. The van der Waals surface area contributed by atoms with Crippen LogP contribution in [-0.4, -0.2) is 24.5 Å². The molecule has 1 aliphatic carbocycles. The maximum atomic E-state index is 5.11. The molecule has 0 unspecified atom stereocenters. The first kappa shape index (κ1) is 28.1. The summed E-state index contributed by atoms with van der Waals surface area (Å²) in [6, 6.07) is 50.5. The van der Waals surface area contributed by atoms with Crippen molar-refractivity contribution >= 4 is 11.0 Å². The lowest BCUT2D eigenvalue weighted by Gasteiger charge is -2.22. The Balaban J connectivity index is 1.16. The number of benzene rings is 5. The molecular formula is C43H31N5. The predicted octanol–water partition coefficient (Wildman–Crippen LogP) is 10.2. The van der Waals surface area contributed by atoms with Gasteiger partial charge in [0, 0.05) is 33.9 Å². The number of pyridine rings is 1. The largest absolute Gasteiger partial charge is 0.276 e. The van der Waals surface area contributed by atoms with Gasteiger partial charge in [0.25, 0.3) is 0 Å². The van der Waals surface area contributed by atoms with E-state index >= 15 is 0 Å². The molecule has 5 nitrogen and oxygen atoms in total. The summed E-state index contributed by atoms with van der Waals surface area (Å²) in [6.45, 7) is 4.63. The molecule has 0 saturated carbocycles. The van der Waals surface area contributed by atoms with Gasteiger partial charge >= 0.3 is 0 Å². The fraction of sp³-hybridized carbons (Fsp3) is 0.0698. The fourth-order valence-electron chi connectivity index (χ4n) is 7.04. The highest BCUT2D eigenvalue weighted by molar-refractivity contribution is 5.88. The molecule has 5 heteroatoms. The lowest BCUT2D eigenvalue weighted by Crippen LogP contribution is -2.15. The molecule has 0 aliphatic heterocycles. The van der Waals surface area contributed by atoms with Gasteiger partial charge in [0.2, 0.25) is 0 Å². The number of hydrogen-bond donors (Lipinski definition) is 0. The van der Waals surface area contributed by atoms with Gasteiger partial charge in [0.15, 0.2) is 5.82 Å². The van der Waals surface area contributed by atoms with Crippen molar-refractivity contribution in [3.63, 3.8) is 0 Å². The normalized spacial score (nSPS) is 13.0. The number of rotatable bonds is 5. The highest BCUT2D eigenvalue weighted by Gasteiger charge is 2.36. The average molecular weight is 618 g/mol. The van der Waals surface area contributed by atoms with Crippen molar-refractivity contribution in [2.24, 2.45) is 0 Å². The summed E-state index contributed by atoms with van der Waals surface area (Å²) in [7, 11) is 0. The Hall–Kier alpha value is -6.20. The van der Waals surface area contributed by atoms with Crippen molar-refractivity contribution in [1.29, 1.82) is 0 Å². The Bertz CT molecular complexity index is 2410. The molecule has 0 bridgehead atoms. The van der Waals surface area contributed by atoms with Crippen LogP contribution in [0.4, 0.5) is 0 Å². The molecular weight excluding hydrogens is 587 g/mol. The third kappa shape index (κ3) is 4.55.